The van der Waals surface area contributed by atoms with Crippen LogP contribution in [0.5, 0.6) is 0 Å². The largest absolute Gasteiger partial charge is 0.462 e. The van der Waals surface area contributed by atoms with E-state index in [1.54, 1.807) is 21.7 Å². The molecular weight excluding hydrogens is 480 g/mol. The zero-order chi connectivity index (χ0) is 24.2. The Morgan fingerprint density at radius 3 is 1.77 bits per heavy atom. The second kappa shape index (κ2) is 8.02. The second-order valence-corrected chi connectivity index (χ2v) is 10.7. The molecule has 0 spiro atoms. The Morgan fingerprint density at radius 1 is 0.900 bits per heavy atom. The Labute approximate surface area is 177 Å². The van der Waals surface area contributed by atoms with Crippen LogP contribution in [-0.4, -0.2) is 74.2 Å². The minimum absolute atomic E-state index is 0.134. The lowest BCUT2D eigenvalue weighted by Crippen LogP contribution is -2.85. The molecule has 0 aromatic rings. The molecule has 0 heterocycles. The Bertz CT molecular complexity index is 690. The van der Waals surface area contributed by atoms with Gasteiger partial charge in [0.25, 0.3) is 5.67 Å². The van der Waals surface area contributed by atoms with Crippen molar-refractivity contribution in [3.8, 4) is 0 Å². The van der Waals surface area contributed by atoms with Gasteiger partial charge in [-0.2, -0.15) is 17.6 Å². The first-order chi connectivity index (χ1) is 13.1. The molecule has 172 valence electrons. The van der Waals surface area contributed by atoms with Crippen LogP contribution in [0.3, 0.4) is 0 Å². The summed E-state index contributed by atoms with van der Waals surface area (Å²) in [5, 5.41) is -14.1. The smallest absolute Gasteiger partial charge is 0.350 e. The number of hydrogen-bond donors (Lipinski definition) is 0. The number of esters is 2. The first kappa shape index (κ1) is 27.9. The monoisotopic (exact) mass is 502 g/mol. The maximum absolute atomic E-state index is 15.6. The van der Waals surface area contributed by atoms with Crippen molar-refractivity contribution in [2.45, 2.75) is 59.0 Å². The number of alkyl halides is 7. The molecule has 0 aromatic heterocycles. The normalized spacial score (nSPS) is 39.6. The summed E-state index contributed by atoms with van der Waals surface area (Å²) in [7, 11) is 3.94. The van der Waals surface area contributed by atoms with Crippen molar-refractivity contribution < 1.29 is 49.8 Å². The van der Waals surface area contributed by atoms with Gasteiger partial charge in [-0.3, -0.25) is 4.79 Å². The fourth-order valence-corrected chi connectivity index (χ4v) is 4.35. The minimum atomic E-state index is -5.71. The van der Waals surface area contributed by atoms with Crippen molar-refractivity contribution in [3.05, 3.63) is 0 Å². The van der Waals surface area contributed by atoms with Gasteiger partial charge in [0.05, 0.1) is 5.06 Å². The molecule has 4 nitrogen and oxygen atoms in total. The molecule has 0 aromatic carbocycles. The van der Waals surface area contributed by atoms with Crippen molar-refractivity contribution in [3.63, 3.8) is 0 Å². The molecule has 0 N–H and O–H groups in total. The molecule has 1 rings (SSSR count). The lowest BCUT2D eigenvalue weighted by atomic mass is 9.59. The van der Waals surface area contributed by atoms with Gasteiger partial charge in [0.2, 0.25) is 10.8 Å². The van der Waals surface area contributed by atoms with Crippen LogP contribution in [0.4, 0.5) is 30.7 Å². The number of halogens is 7. The van der Waals surface area contributed by atoms with Crippen molar-refractivity contribution >= 4 is 55.4 Å². The predicted octanol–water partition coefficient (Wildman–Crippen LogP) is 1.57. The quantitative estimate of drug-likeness (QED) is 0.182. The topological polar surface area (TPSA) is 52.6 Å². The Kier molecular flexibility index (Phi) is 7.46. The third-order valence-electron chi connectivity index (χ3n) is 5.52. The highest BCUT2D eigenvalue weighted by Crippen LogP contribution is 2.72. The van der Waals surface area contributed by atoms with E-state index < -0.39 is 63.9 Å². The SMILES string of the molecule is BC(C)(CC)C(=O)OCCOC(=O)C1(F)C(B)(P)C(F)(F)C(F)(F)C(F)(P)C1(F)P. The first-order valence-corrected chi connectivity index (χ1v) is 10.4. The van der Waals surface area contributed by atoms with Crippen molar-refractivity contribution in [2.75, 3.05) is 13.2 Å². The fraction of sp³-hybridized carbons (Fsp3) is 0.857. The van der Waals surface area contributed by atoms with Crippen LogP contribution < -0.4 is 0 Å². The molecule has 8 atom stereocenters. The number of carbonyl (C=O) groups is 2. The molecule has 30 heavy (non-hydrogen) atoms. The van der Waals surface area contributed by atoms with Gasteiger partial charge in [-0.1, -0.05) is 32.3 Å². The Morgan fingerprint density at radius 2 is 1.33 bits per heavy atom. The van der Waals surface area contributed by atoms with Crippen LogP contribution >= 0.6 is 27.7 Å². The molecule has 1 fully saturated rings. The maximum Gasteiger partial charge on any atom is 0.350 e. The number of rotatable bonds is 6. The van der Waals surface area contributed by atoms with E-state index in [0.29, 0.717) is 15.7 Å². The molecule has 8 unspecified atom stereocenters. The summed E-state index contributed by atoms with van der Waals surface area (Å²) >= 11 is 0. The average Bonchev–Trinajstić information content (AvgIpc) is 2.62. The van der Waals surface area contributed by atoms with Crippen LogP contribution in [0.15, 0.2) is 0 Å². The van der Waals surface area contributed by atoms with Gasteiger partial charge in [-0.05, 0) is 6.42 Å². The molecule has 0 amide bonds. The number of hydrogen-bond acceptors (Lipinski definition) is 4. The van der Waals surface area contributed by atoms with Gasteiger partial charge in [-0.25, -0.2) is 18.0 Å². The van der Waals surface area contributed by atoms with Crippen LogP contribution in [0.2, 0.25) is 5.31 Å². The summed E-state index contributed by atoms with van der Waals surface area (Å²) in [4.78, 5) is 24.1. The van der Waals surface area contributed by atoms with Crippen molar-refractivity contribution in [1.82, 2.24) is 0 Å². The Balaban J connectivity index is 3.19. The van der Waals surface area contributed by atoms with Crippen LogP contribution in [0.25, 0.3) is 0 Å². The molecule has 16 heteroatoms. The van der Waals surface area contributed by atoms with E-state index >= 15 is 8.78 Å². The number of carbonyl (C=O) groups excluding carboxylic acids is 2. The summed E-state index contributed by atoms with van der Waals surface area (Å²) in [6.07, 6.45) is 0.387. The van der Waals surface area contributed by atoms with Gasteiger partial charge >= 0.3 is 23.8 Å². The summed E-state index contributed by atoms with van der Waals surface area (Å²) < 4.78 is 112. The first-order valence-electron chi connectivity index (χ1n) is 8.64. The fourth-order valence-electron chi connectivity index (χ4n) is 2.70. The zero-order valence-electron chi connectivity index (χ0n) is 16.6. The van der Waals surface area contributed by atoms with E-state index in [1.165, 1.54) is 0 Å². The predicted molar refractivity (Wildman–Crippen MR) is 111 cm³/mol. The van der Waals surface area contributed by atoms with Gasteiger partial charge in [0.15, 0.2) is 0 Å². The molecular formula is C14H22B2F7O4P3. The third kappa shape index (κ3) is 3.50. The van der Waals surface area contributed by atoms with Gasteiger partial charge in [0, 0.05) is 5.31 Å². The molecule has 1 aliphatic rings. The molecule has 0 radical (unpaired) electrons. The summed E-state index contributed by atoms with van der Waals surface area (Å²) in [5.41, 5.74) is -4.59. The highest BCUT2D eigenvalue weighted by molar-refractivity contribution is 7.26. The molecule has 1 saturated carbocycles. The molecule has 1 aliphatic carbocycles. The van der Waals surface area contributed by atoms with Crippen molar-refractivity contribution in [1.29, 1.82) is 0 Å². The Hall–Kier alpha value is -0.130. The number of ether oxygens (including phenoxy) is 2. The third-order valence-corrected chi connectivity index (χ3v) is 8.21. The van der Waals surface area contributed by atoms with Crippen LogP contribution in [0, 0.1) is 0 Å². The van der Waals surface area contributed by atoms with Gasteiger partial charge in [0.1, 0.15) is 28.9 Å². The maximum atomic E-state index is 15.6. The van der Waals surface area contributed by atoms with E-state index in [9.17, 15) is 31.5 Å². The molecule has 0 saturated heterocycles. The molecule has 0 aliphatic heterocycles. The average molecular weight is 502 g/mol. The summed E-state index contributed by atoms with van der Waals surface area (Å²) in [6.45, 7) is 1.68. The van der Waals surface area contributed by atoms with E-state index in [4.69, 9.17) is 4.74 Å². The molecule has 0 bridgehead atoms. The van der Waals surface area contributed by atoms with E-state index in [1.807, 2.05) is 0 Å². The summed E-state index contributed by atoms with van der Waals surface area (Å²) in [6, 6.07) is 0. The highest BCUT2D eigenvalue weighted by atomic mass is 31.0. The zero-order valence-corrected chi connectivity index (χ0v) is 20.1. The van der Waals surface area contributed by atoms with Gasteiger partial charge < -0.3 is 9.47 Å². The standard InChI is InChI=1S/C14H22B2F7O4P3/c1-3-8(2,15)6(24)26-4-5-27-7(25)9(17)10(16,28)11(18,19)12(20,21)14(23,30)13(9,22)29/h3-5,15-16,28-30H2,1-2H3. The second-order valence-electron chi connectivity index (χ2n) is 7.94. The minimum Gasteiger partial charge on any atom is -0.462 e. The van der Waals surface area contributed by atoms with E-state index in [0.717, 1.165) is 18.5 Å². The van der Waals surface area contributed by atoms with Crippen LogP contribution in [-0.2, 0) is 19.1 Å². The van der Waals surface area contributed by atoms with Gasteiger partial charge in [-0.15, -0.1) is 9.24 Å². The van der Waals surface area contributed by atoms with E-state index in [-0.39, 0.29) is 7.85 Å². The van der Waals surface area contributed by atoms with Crippen molar-refractivity contribution in [2.24, 2.45) is 0 Å². The lowest BCUT2D eigenvalue weighted by molar-refractivity contribution is -0.318. The summed E-state index contributed by atoms with van der Waals surface area (Å²) in [5.74, 6) is -14.3. The lowest BCUT2D eigenvalue weighted by Gasteiger charge is -2.59. The van der Waals surface area contributed by atoms with Crippen LogP contribution in [0.1, 0.15) is 20.3 Å². The van der Waals surface area contributed by atoms with E-state index in [2.05, 4.69) is 4.74 Å². The highest BCUT2D eigenvalue weighted by Gasteiger charge is 2.93.